The van der Waals surface area contributed by atoms with Gasteiger partial charge in [-0.15, -0.1) is 0 Å². The number of nitrogens with one attached hydrogen (secondary N) is 1. The van der Waals surface area contributed by atoms with E-state index < -0.39 is 11.6 Å². The Labute approximate surface area is 227 Å². The maximum atomic E-state index is 15.0. The number of nitrogens with zero attached hydrogens (tertiary/aromatic N) is 7. The molecule has 5 heterocycles. The van der Waals surface area contributed by atoms with Crippen LogP contribution in [0.1, 0.15) is 43.4 Å². The monoisotopic (exact) mass is 532 g/mol. The van der Waals surface area contributed by atoms with E-state index >= 15 is 4.39 Å². The van der Waals surface area contributed by atoms with Crippen LogP contribution in [0, 0.1) is 24.5 Å². The molecular weight excluding hydrogens is 498 g/mol. The van der Waals surface area contributed by atoms with Crippen LogP contribution in [0.25, 0.3) is 22.3 Å². The number of likely N-dealkylation sites (tertiary alicyclic amines) is 1. The molecule has 1 fully saturated rings. The number of aromatic nitrogens is 5. The van der Waals surface area contributed by atoms with Crippen molar-refractivity contribution in [3.05, 3.63) is 59.2 Å². The molecule has 3 aromatic heterocycles. The Morgan fingerprint density at radius 3 is 2.69 bits per heavy atom. The molecule has 1 N–H and O–H groups in total. The van der Waals surface area contributed by atoms with Crippen LogP contribution in [-0.2, 0) is 13.0 Å². The van der Waals surface area contributed by atoms with Gasteiger partial charge in [-0.2, -0.15) is 0 Å². The number of anilines is 2. The van der Waals surface area contributed by atoms with E-state index in [1.807, 2.05) is 31.4 Å². The summed E-state index contributed by atoms with van der Waals surface area (Å²) in [6.45, 7) is 11.2. The van der Waals surface area contributed by atoms with E-state index in [-0.39, 0.29) is 23.2 Å². The number of hydrogen-bond donors (Lipinski definition) is 1. The molecule has 0 spiro atoms. The average molecular weight is 533 g/mol. The molecule has 0 saturated carbocycles. The highest BCUT2D eigenvalue weighted by atomic mass is 19.1. The molecule has 2 aliphatic rings. The predicted octanol–water partition coefficient (Wildman–Crippen LogP) is 5.11. The van der Waals surface area contributed by atoms with Crippen LogP contribution < -0.4 is 5.32 Å². The SMILES string of the molecule is Cc1nc2c(F)cc(-c3nc(Nc4ccc5c(n4)CCN(C[C@@H]4CCN(C)C4)C5)ncc3F)cc2n1C(C)C. The second-order valence-electron chi connectivity index (χ2n) is 11.2. The van der Waals surface area contributed by atoms with Crippen LogP contribution in [-0.4, -0.2) is 67.5 Å². The maximum Gasteiger partial charge on any atom is 0.229 e. The third-order valence-electron chi connectivity index (χ3n) is 7.83. The molecule has 2 aliphatic heterocycles. The molecule has 204 valence electrons. The molecule has 0 aliphatic carbocycles. The standard InChI is InChI=1S/C29H34F2N8/c1-17(2)39-18(3)33-28-22(30)11-21(12-25(28)39)27-23(31)13-32-29(36-27)35-26-6-5-20-16-38(10-8-24(20)34-26)15-19-7-9-37(4)14-19/h5-6,11-13,17,19H,7-10,14-16H2,1-4H3,(H,32,34,35,36)/t19-/m1/s1. The van der Waals surface area contributed by atoms with Crippen molar-refractivity contribution in [2.24, 2.45) is 5.92 Å². The number of benzene rings is 1. The highest BCUT2D eigenvalue weighted by Gasteiger charge is 2.25. The van der Waals surface area contributed by atoms with E-state index in [4.69, 9.17) is 4.98 Å². The zero-order valence-electron chi connectivity index (χ0n) is 22.9. The Morgan fingerprint density at radius 1 is 1.08 bits per heavy atom. The summed E-state index contributed by atoms with van der Waals surface area (Å²) in [6.07, 6.45) is 3.25. The summed E-state index contributed by atoms with van der Waals surface area (Å²) in [7, 11) is 2.19. The molecular formula is C29H34F2N8. The lowest BCUT2D eigenvalue weighted by molar-refractivity contribution is 0.212. The summed E-state index contributed by atoms with van der Waals surface area (Å²) in [6, 6.07) is 7.10. The lowest BCUT2D eigenvalue weighted by Crippen LogP contribution is -2.35. The summed E-state index contributed by atoms with van der Waals surface area (Å²) in [5.41, 5.74) is 3.53. The van der Waals surface area contributed by atoms with Gasteiger partial charge in [-0.05, 0) is 70.5 Å². The summed E-state index contributed by atoms with van der Waals surface area (Å²) in [5.74, 6) is 1.11. The molecule has 0 radical (unpaired) electrons. The second-order valence-corrected chi connectivity index (χ2v) is 11.2. The number of aryl methyl sites for hydroxylation is 1. The first-order valence-corrected chi connectivity index (χ1v) is 13.6. The van der Waals surface area contributed by atoms with E-state index in [2.05, 4.69) is 43.2 Å². The number of imidazole rings is 1. The maximum absolute atomic E-state index is 15.0. The van der Waals surface area contributed by atoms with E-state index in [0.29, 0.717) is 22.7 Å². The minimum absolute atomic E-state index is 0.0219. The first-order valence-electron chi connectivity index (χ1n) is 13.6. The first kappa shape index (κ1) is 25.8. The Balaban J connectivity index is 1.23. The fourth-order valence-corrected chi connectivity index (χ4v) is 6.04. The van der Waals surface area contributed by atoms with Crippen molar-refractivity contribution < 1.29 is 8.78 Å². The zero-order chi connectivity index (χ0) is 27.3. The Kier molecular flexibility index (Phi) is 6.76. The molecule has 1 atom stereocenters. The third-order valence-corrected chi connectivity index (χ3v) is 7.83. The number of halogens is 2. The minimum atomic E-state index is -0.626. The molecule has 39 heavy (non-hydrogen) atoms. The van der Waals surface area contributed by atoms with Crippen LogP contribution >= 0.6 is 0 Å². The summed E-state index contributed by atoms with van der Waals surface area (Å²) >= 11 is 0. The topological polar surface area (TPSA) is 75.0 Å². The summed E-state index contributed by atoms with van der Waals surface area (Å²) < 4.78 is 31.8. The van der Waals surface area contributed by atoms with Crippen LogP contribution in [0.5, 0.6) is 0 Å². The highest BCUT2D eigenvalue weighted by molar-refractivity contribution is 5.83. The van der Waals surface area contributed by atoms with Crippen molar-refractivity contribution >= 4 is 22.8 Å². The molecule has 1 aromatic carbocycles. The van der Waals surface area contributed by atoms with Gasteiger partial charge in [-0.3, -0.25) is 4.90 Å². The normalized spacial score (nSPS) is 18.3. The summed E-state index contributed by atoms with van der Waals surface area (Å²) in [4.78, 5) is 22.6. The molecule has 6 rings (SSSR count). The van der Waals surface area contributed by atoms with E-state index in [0.717, 1.165) is 43.9 Å². The second kappa shape index (κ2) is 10.2. The van der Waals surface area contributed by atoms with Gasteiger partial charge < -0.3 is 14.8 Å². The van der Waals surface area contributed by atoms with Crippen molar-refractivity contribution in [2.45, 2.75) is 46.2 Å². The lowest BCUT2D eigenvalue weighted by atomic mass is 10.0. The van der Waals surface area contributed by atoms with E-state index in [1.54, 1.807) is 6.07 Å². The van der Waals surface area contributed by atoms with Gasteiger partial charge in [-0.1, -0.05) is 6.07 Å². The smallest absolute Gasteiger partial charge is 0.229 e. The van der Waals surface area contributed by atoms with Gasteiger partial charge in [0.15, 0.2) is 11.6 Å². The zero-order valence-corrected chi connectivity index (χ0v) is 22.9. The predicted molar refractivity (Wildman–Crippen MR) is 148 cm³/mol. The molecule has 10 heteroatoms. The molecule has 4 aromatic rings. The van der Waals surface area contributed by atoms with Crippen molar-refractivity contribution in [2.75, 3.05) is 38.5 Å². The minimum Gasteiger partial charge on any atom is -0.326 e. The number of pyridine rings is 1. The Bertz CT molecular complexity index is 1530. The number of rotatable bonds is 6. The van der Waals surface area contributed by atoms with Crippen LogP contribution in [0.15, 0.2) is 30.5 Å². The lowest BCUT2D eigenvalue weighted by Gasteiger charge is -2.30. The van der Waals surface area contributed by atoms with Gasteiger partial charge in [0.05, 0.1) is 11.7 Å². The molecule has 1 saturated heterocycles. The third kappa shape index (κ3) is 5.10. The number of fused-ring (bicyclic) bond motifs is 2. The van der Waals surface area contributed by atoms with Crippen molar-refractivity contribution in [1.29, 1.82) is 0 Å². The van der Waals surface area contributed by atoms with Crippen molar-refractivity contribution in [3.8, 4) is 11.3 Å². The Morgan fingerprint density at radius 2 is 1.92 bits per heavy atom. The molecule has 0 amide bonds. The van der Waals surface area contributed by atoms with Gasteiger partial charge in [0.25, 0.3) is 0 Å². The quantitative estimate of drug-likeness (QED) is 0.370. The summed E-state index contributed by atoms with van der Waals surface area (Å²) in [5, 5.41) is 3.12. The van der Waals surface area contributed by atoms with Crippen molar-refractivity contribution in [3.63, 3.8) is 0 Å². The fraction of sp³-hybridized carbons (Fsp3) is 0.448. The van der Waals surface area contributed by atoms with Crippen LogP contribution in [0.2, 0.25) is 0 Å². The van der Waals surface area contributed by atoms with E-state index in [1.165, 1.54) is 31.1 Å². The molecule has 0 bridgehead atoms. The van der Waals surface area contributed by atoms with Gasteiger partial charge in [-0.25, -0.2) is 28.7 Å². The average Bonchev–Trinajstić information content (AvgIpc) is 3.47. The van der Waals surface area contributed by atoms with E-state index in [9.17, 15) is 4.39 Å². The molecule has 8 nitrogen and oxygen atoms in total. The van der Waals surface area contributed by atoms with Gasteiger partial charge in [0.2, 0.25) is 5.95 Å². The van der Waals surface area contributed by atoms with Gasteiger partial charge >= 0.3 is 0 Å². The number of hydrogen-bond acceptors (Lipinski definition) is 7. The van der Waals surface area contributed by atoms with Crippen LogP contribution in [0.4, 0.5) is 20.5 Å². The fourth-order valence-electron chi connectivity index (χ4n) is 6.04. The van der Waals surface area contributed by atoms with Crippen LogP contribution in [0.3, 0.4) is 0 Å². The highest BCUT2D eigenvalue weighted by Crippen LogP contribution is 2.31. The van der Waals surface area contributed by atoms with Gasteiger partial charge in [0, 0.05) is 49.9 Å². The molecule has 0 unspecified atom stereocenters. The van der Waals surface area contributed by atoms with Gasteiger partial charge in [0.1, 0.15) is 22.9 Å². The largest absolute Gasteiger partial charge is 0.326 e. The Hall–Kier alpha value is -3.50. The first-order chi connectivity index (χ1) is 18.7. The van der Waals surface area contributed by atoms with Crippen molar-refractivity contribution in [1.82, 2.24) is 34.3 Å².